The summed E-state index contributed by atoms with van der Waals surface area (Å²) in [4.78, 5) is 28.0. The van der Waals surface area contributed by atoms with Gasteiger partial charge in [-0.2, -0.15) is 0 Å². The summed E-state index contributed by atoms with van der Waals surface area (Å²) in [5, 5.41) is 12.9. The molecule has 0 saturated heterocycles. The van der Waals surface area contributed by atoms with Crippen molar-refractivity contribution in [2.75, 3.05) is 7.05 Å². The van der Waals surface area contributed by atoms with Crippen LogP contribution in [0.15, 0.2) is 18.2 Å². The molecule has 1 aromatic carbocycles. The Labute approximate surface area is 89.6 Å². The molecule has 0 aliphatic rings. The molecule has 7 nitrogen and oxygen atoms in total. The lowest BCUT2D eigenvalue weighted by molar-refractivity contribution is -0.384. The fraction of sp³-hybridized carbons (Fsp3) is 0.111. The van der Waals surface area contributed by atoms with Crippen molar-refractivity contribution >= 4 is 22.6 Å². The van der Waals surface area contributed by atoms with Crippen LogP contribution in [0.1, 0.15) is 10.6 Å². The summed E-state index contributed by atoms with van der Waals surface area (Å²) >= 11 is 0. The molecule has 0 atom stereocenters. The third-order valence-electron chi connectivity index (χ3n) is 2.12. The number of imidazole rings is 1. The SMILES string of the molecule is CNC(=O)c1nc2cc([N+](=O)[O-])ccc2[nH]1. The molecule has 0 saturated carbocycles. The quantitative estimate of drug-likeness (QED) is 0.578. The van der Waals surface area contributed by atoms with Crippen molar-refractivity contribution in [2.45, 2.75) is 0 Å². The lowest BCUT2D eigenvalue weighted by atomic mass is 10.3. The number of nitro groups is 1. The van der Waals surface area contributed by atoms with Gasteiger partial charge in [0, 0.05) is 19.2 Å². The summed E-state index contributed by atoms with van der Waals surface area (Å²) in [6.07, 6.45) is 0. The van der Waals surface area contributed by atoms with Crippen LogP contribution < -0.4 is 5.32 Å². The number of benzene rings is 1. The van der Waals surface area contributed by atoms with Crippen LogP contribution in [-0.2, 0) is 0 Å². The van der Waals surface area contributed by atoms with Crippen LogP contribution >= 0.6 is 0 Å². The predicted octanol–water partition coefficient (Wildman–Crippen LogP) is 0.831. The molecule has 7 heteroatoms. The highest BCUT2D eigenvalue weighted by molar-refractivity contribution is 5.94. The molecule has 2 N–H and O–H groups in total. The van der Waals surface area contributed by atoms with E-state index in [1.54, 1.807) is 0 Å². The summed E-state index contributed by atoms with van der Waals surface area (Å²) in [5.74, 6) is -0.225. The van der Waals surface area contributed by atoms with E-state index in [1.165, 1.54) is 25.2 Å². The standard InChI is InChI=1S/C9H8N4O3/c1-10-9(14)8-11-6-3-2-5(13(15)16)4-7(6)12-8/h2-4H,1H3,(H,10,14)(H,11,12). The number of nitrogens with one attached hydrogen (secondary N) is 2. The molecule has 1 aromatic heterocycles. The molecule has 0 aliphatic heterocycles. The smallest absolute Gasteiger partial charge is 0.286 e. The van der Waals surface area contributed by atoms with Crippen molar-refractivity contribution in [3.63, 3.8) is 0 Å². The minimum atomic E-state index is -0.506. The summed E-state index contributed by atoms with van der Waals surface area (Å²) in [6.45, 7) is 0. The molecular weight excluding hydrogens is 212 g/mol. The average molecular weight is 220 g/mol. The molecule has 1 amide bonds. The van der Waals surface area contributed by atoms with Crippen LogP contribution in [0, 0.1) is 10.1 Å². The number of hydrogen-bond acceptors (Lipinski definition) is 4. The first-order valence-corrected chi connectivity index (χ1v) is 4.48. The first-order valence-electron chi connectivity index (χ1n) is 4.48. The van der Waals surface area contributed by atoms with Crippen LogP contribution in [0.2, 0.25) is 0 Å². The molecule has 2 aromatic rings. The van der Waals surface area contributed by atoms with Crippen LogP contribution in [0.5, 0.6) is 0 Å². The maximum absolute atomic E-state index is 11.3. The number of fused-ring (bicyclic) bond motifs is 1. The highest BCUT2D eigenvalue weighted by Crippen LogP contribution is 2.18. The predicted molar refractivity (Wildman–Crippen MR) is 56.1 cm³/mol. The zero-order chi connectivity index (χ0) is 11.7. The normalized spacial score (nSPS) is 10.3. The molecule has 1 heterocycles. The number of nitro benzene ring substituents is 1. The van der Waals surface area contributed by atoms with Gasteiger partial charge in [-0.3, -0.25) is 14.9 Å². The second-order valence-corrected chi connectivity index (χ2v) is 3.12. The van der Waals surface area contributed by atoms with Crippen molar-refractivity contribution in [3.8, 4) is 0 Å². The molecule has 0 spiro atoms. The summed E-state index contributed by atoms with van der Waals surface area (Å²) in [6, 6.07) is 4.19. The third kappa shape index (κ3) is 1.58. The van der Waals surface area contributed by atoms with Gasteiger partial charge in [0.1, 0.15) is 0 Å². The van der Waals surface area contributed by atoms with E-state index in [1.807, 2.05) is 0 Å². The van der Waals surface area contributed by atoms with Crippen molar-refractivity contribution in [1.29, 1.82) is 0 Å². The van der Waals surface area contributed by atoms with E-state index in [-0.39, 0.29) is 17.4 Å². The van der Waals surface area contributed by atoms with Gasteiger partial charge in [0.25, 0.3) is 11.6 Å². The topological polar surface area (TPSA) is 101 Å². The number of hydrogen-bond donors (Lipinski definition) is 2. The van der Waals surface area contributed by atoms with E-state index in [9.17, 15) is 14.9 Å². The fourth-order valence-corrected chi connectivity index (χ4v) is 1.33. The van der Waals surface area contributed by atoms with Gasteiger partial charge >= 0.3 is 0 Å². The second-order valence-electron chi connectivity index (χ2n) is 3.12. The number of aromatic amines is 1. The van der Waals surface area contributed by atoms with Crippen molar-refractivity contribution in [2.24, 2.45) is 0 Å². The lowest BCUT2D eigenvalue weighted by Gasteiger charge is -1.90. The Morgan fingerprint density at radius 3 is 2.94 bits per heavy atom. The first-order chi connectivity index (χ1) is 7.61. The van der Waals surface area contributed by atoms with Gasteiger partial charge in [-0.1, -0.05) is 0 Å². The first kappa shape index (κ1) is 10.1. The fourth-order valence-electron chi connectivity index (χ4n) is 1.33. The largest absolute Gasteiger partial charge is 0.352 e. The van der Waals surface area contributed by atoms with E-state index >= 15 is 0 Å². The Kier molecular flexibility index (Phi) is 2.28. The number of carbonyl (C=O) groups is 1. The van der Waals surface area contributed by atoms with Gasteiger partial charge < -0.3 is 10.3 Å². The van der Waals surface area contributed by atoms with E-state index in [0.29, 0.717) is 11.0 Å². The Morgan fingerprint density at radius 2 is 2.31 bits per heavy atom. The number of rotatable bonds is 2. The van der Waals surface area contributed by atoms with Crippen molar-refractivity contribution in [1.82, 2.24) is 15.3 Å². The number of nitrogens with zero attached hydrogens (tertiary/aromatic N) is 2. The van der Waals surface area contributed by atoms with Gasteiger partial charge in [0.15, 0.2) is 5.82 Å². The van der Waals surface area contributed by atoms with Crippen LogP contribution in [-0.4, -0.2) is 27.8 Å². The second kappa shape index (κ2) is 3.61. The number of carbonyl (C=O) groups excluding carboxylic acids is 1. The monoisotopic (exact) mass is 220 g/mol. The van der Waals surface area contributed by atoms with Gasteiger partial charge in [-0.05, 0) is 6.07 Å². The van der Waals surface area contributed by atoms with Crippen molar-refractivity contribution in [3.05, 3.63) is 34.1 Å². The van der Waals surface area contributed by atoms with Gasteiger partial charge in [-0.25, -0.2) is 4.98 Å². The Balaban J connectivity index is 2.54. The maximum Gasteiger partial charge on any atom is 0.286 e. The third-order valence-corrected chi connectivity index (χ3v) is 2.12. The van der Waals surface area contributed by atoms with Gasteiger partial charge in [0.05, 0.1) is 16.0 Å². The molecule has 16 heavy (non-hydrogen) atoms. The average Bonchev–Trinajstić information content (AvgIpc) is 2.70. The highest BCUT2D eigenvalue weighted by atomic mass is 16.6. The zero-order valence-corrected chi connectivity index (χ0v) is 8.35. The van der Waals surface area contributed by atoms with Gasteiger partial charge in [0.2, 0.25) is 0 Å². The molecule has 0 radical (unpaired) electrons. The summed E-state index contributed by atoms with van der Waals surface area (Å²) in [7, 11) is 1.48. The zero-order valence-electron chi connectivity index (χ0n) is 8.35. The van der Waals surface area contributed by atoms with Crippen LogP contribution in [0.25, 0.3) is 11.0 Å². The number of non-ortho nitro benzene ring substituents is 1. The van der Waals surface area contributed by atoms with E-state index in [4.69, 9.17) is 0 Å². The van der Waals surface area contributed by atoms with Gasteiger partial charge in [-0.15, -0.1) is 0 Å². The molecule has 0 bridgehead atoms. The lowest BCUT2D eigenvalue weighted by Crippen LogP contribution is -2.19. The molecular formula is C9H8N4O3. The molecule has 0 fully saturated rings. The Bertz CT molecular complexity index is 575. The maximum atomic E-state index is 11.3. The molecule has 0 unspecified atom stereocenters. The highest BCUT2D eigenvalue weighted by Gasteiger charge is 2.12. The van der Waals surface area contributed by atoms with Crippen molar-refractivity contribution < 1.29 is 9.72 Å². The Hall–Kier alpha value is -2.44. The minimum absolute atomic E-state index is 0.0533. The van der Waals surface area contributed by atoms with Crippen LogP contribution in [0.4, 0.5) is 5.69 Å². The molecule has 0 aliphatic carbocycles. The van der Waals surface area contributed by atoms with Crippen LogP contribution in [0.3, 0.4) is 0 Å². The summed E-state index contributed by atoms with van der Waals surface area (Å²) < 4.78 is 0. The minimum Gasteiger partial charge on any atom is -0.352 e. The van der Waals surface area contributed by atoms with E-state index in [2.05, 4.69) is 15.3 Å². The van der Waals surface area contributed by atoms with E-state index < -0.39 is 4.92 Å². The Morgan fingerprint density at radius 1 is 1.56 bits per heavy atom. The molecule has 2 rings (SSSR count). The molecule has 82 valence electrons. The number of H-pyrrole nitrogens is 1. The number of amides is 1. The summed E-state index contributed by atoms with van der Waals surface area (Å²) in [5.41, 5.74) is 0.930. The number of aromatic nitrogens is 2. The van der Waals surface area contributed by atoms with E-state index in [0.717, 1.165) is 0 Å².